The van der Waals surface area contributed by atoms with Crippen LogP contribution in [0.5, 0.6) is 0 Å². The van der Waals surface area contributed by atoms with Crippen LogP contribution in [-0.2, 0) is 0 Å². The van der Waals surface area contributed by atoms with Crippen molar-refractivity contribution in [3.05, 3.63) is 0 Å². The van der Waals surface area contributed by atoms with Gasteiger partial charge in [-0.2, -0.15) is 0 Å². The molecule has 0 aromatic carbocycles. The minimum absolute atomic E-state index is 0.587. The van der Waals surface area contributed by atoms with E-state index in [4.69, 9.17) is 0 Å². The highest BCUT2D eigenvalue weighted by atomic mass is 79.9. The van der Waals surface area contributed by atoms with Crippen molar-refractivity contribution in [1.82, 2.24) is 0 Å². The van der Waals surface area contributed by atoms with Crippen LogP contribution in [0.15, 0.2) is 0 Å². The molecule has 10 unspecified atom stereocenters. The van der Waals surface area contributed by atoms with E-state index in [2.05, 4.69) is 66.5 Å². The van der Waals surface area contributed by atoms with E-state index in [0.29, 0.717) is 20.5 Å². The summed E-state index contributed by atoms with van der Waals surface area (Å²) in [6.07, 6.45) is 16.3. The quantitative estimate of drug-likeness (QED) is 0.311. The zero-order chi connectivity index (χ0) is 21.0. The van der Waals surface area contributed by atoms with Gasteiger partial charge in [0.25, 0.3) is 0 Å². The summed E-state index contributed by atoms with van der Waals surface area (Å²) in [5.41, 5.74) is 1.23. The highest BCUT2D eigenvalue weighted by molar-refractivity contribution is 9.12. The molecule has 0 amide bonds. The van der Waals surface area contributed by atoms with Crippen molar-refractivity contribution in [2.75, 3.05) is 0 Å². The van der Waals surface area contributed by atoms with Crippen LogP contribution >= 0.6 is 31.9 Å². The third-order valence-electron chi connectivity index (χ3n) is 10.8. The number of fused-ring (bicyclic) bond motifs is 5. The second-order valence-electron chi connectivity index (χ2n) is 12.7. The summed E-state index contributed by atoms with van der Waals surface area (Å²) >= 11 is 8.04. The largest absolute Gasteiger partial charge is 0.0878 e. The molecule has 2 heteroatoms. The molecular formula is C27H46Br2. The molecule has 0 aromatic heterocycles. The van der Waals surface area contributed by atoms with E-state index in [1.165, 1.54) is 70.6 Å². The molecule has 4 fully saturated rings. The van der Waals surface area contributed by atoms with Gasteiger partial charge in [0.05, 0.1) is 0 Å². The Morgan fingerprint density at radius 2 is 1.55 bits per heavy atom. The van der Waals surface area contributed by atoms with Gasteiger partial charge in [0.2, 0.25) is 0 Å². The van der Waals surface area contributed by atoms with Gasteiger partial charge in [0.1, 0.15) is 0 Å². The molecule has 0 nitrogen and oxygen atoms in total. The first kappa shape index (κ1) is 23.1. The van der Waals surface area contributed by atoms with Crippen LogP contribution in [0.25, 0.3) is 0 Å². The van der Waals surface area contributed by atoms with Crippen molar-refractivity contribution in [2.45, 2.75) is 115 Å². The van der Waals surface area contributed by atoms with Crippen molar-refractivity contribution in [3.63, 3.8) is 0 Å². The number of hydrogen-bond donors (Lipinski definition) is 0. The number of rotatable bonds is 5. The van der Waals surface area contributed by atoms with Gasteiger partial charge < -0.3 is 0 Å². The van der Waals surface area contributed by atoms with Crippen molar-refractivity contribution in [2.24, 2.45) is 52.3 Å². The topological polar surface area (TPSA) is 0 Å². The molecule has 29 heavy (non-hydrogen) atoms. The molecule has 4 aliphatic rings. The van der Waals surface area contributed by atoms with E-state index in [0.717, 1.165) is 41.4 Å². The first-order valence-corrected chi connectivity index (χ1v) is 14.8. The summed E-state index contributed by atoms with van der Waals surface area (Å²) < 4.78 is 0. The molecule has 0 bridgehead atoms. The van der Waals surface area contributed by atoms with Crippen molar-refractivity contribution in [1.29, 1.82) is 0 Å². The van der Waals surface area contributed by atoms with Gasteiger partial charge in [-0.05, 0) is 104 Å². The lowest BCUT2D eigenvalue weighted by Gasteiger charge is -2.62. The average Bonchev–Trinajstić information content (AvgIpc) is 3.00. The minimum Gasteiger partial charge on any atom is -0.0878 e. The highest BCUT2D eigenvalue weighted by Gasteiger charge is 2.61. The SMILES string of the molecule is CC(C)CCCC(C)C1CCC2C3CCC4CC(Br)C(Br)CC4(C)C3CCC12C. The Balaban J connectivity index is 1.47. The lowest BCUT2D eigenvalue weighted by Crippen LogP contribution is -2.55. The summed E-state index contributed by atoms with van der Waals surface area (Å²) in [6, 6.07) is 0. The highest BCUT2D eigenvalue weighted by Crippen LogP contribution is 2.68. The maximum absolute atomic E-state index is 4.05. The van der Waals surface area contributed by atoms with Crippen LogP contribution in [-0.4, -0.2) is 9.65 Å². The monoisotopic (exact) mass is 528 g/mol. The second kappa shape index (κ2) is 8.72. The Morgan fingerprint density at radius 3 is 2.28 bits per heavy atom. The molecule has 168 valence electrons. The first-order valence-electron chi connectivity index (χ1n) is 12.9. The fourth-order valence-electron chi connectivity index (χ4n) is 9.23. The van der Waals surface area contributed by atoms with Gasteiger partial charge in [-0.3, -0.25) is 0 Å². The Labute approximate surface area is 198 Å². The summed E-state index contributed by atoms with van der Waals surface area (Å²) in [7, 11) is 0. The smallest absolute Gasteiger partial charge is 0.0276 e. The van der Waals surface area contributed by atoms with E-state index in [9.17, 15) is 0 Å². The number of halogens is 2. The van der Waals surface area contributed by atoms with Crippen LogP contribution in [0.4, 0.5) is 0 Å². The third-order valence-corrected chi connectivity index (χ3v) is 13.5. The fourth-order valence-corrected chi connectivity index (χ4v) is 10.8. The zero-order valence-electron chi connectivity index (χ0n) is 19.7. The van der Waals surface area contributed by atoms with Crippen LogP contribution < -0.4 is 0 Å². The molecule has 0 aliphatic heterocycles. The van der Waals surface area contributed by atoms with Gasteiger partial charge in [-0.1, -0.05) is 85.7 Å². The van der Waals surface area contributed by atoms with Gasteiger partial charge in [0, 0.05) is 9.65 Å². The molecule has 0 saturated heterocycles. The molecule has 4 saturated carbocycles. The normalized spacial score (nSPS) is 50.7. The van der Waals surface area contributed by atoms with Crippen LogP contribution in [0, 0.1) is 52.3 Å². The first-order chi connectivity index (χ1) is 13.7. The molecule has 0 radical (unpaired) electrons. The van der Waals surface area contributed by atoms with E-state index < -0.39 is 0 Å². The molecule has 10 atom stereocenters. The van der Waals surface area contributed by atoms with Gasteiger partial charge in [0.15, 0.2) is 0 Å². The minimum atomic E-state index is 0.587. The predicted molar refractivity (Wildman–Crippen MR) is 134 cm³/mol. The molecule has 0 aromatic rings. The number of alkyl halides is 2. The maximum Gasteiger partial charge on any atom is 0.0276 e. The van der Waals surface area contributed by atoms with E-state index >= 15 is 0 Å². The second-order valence-corrected chi connectivity index (χ2v) is 15.0. The molecule has 4 rings (SSSR count). The summed E-state index contributed by atoms with van der Waals surface area (Å²) in [5.74, 6) is 6.79. The van der Waals surface area contributed by atoms with Crippen LogP contribution in [0.2, 0.25) is 0 Å². The maximum atomic E-state index is 4.05. The Kier molecular flexibility index (Phi) is 6.95. The predicted octanol–water partition coefficient (Wildman–Crippen LogP) is 9.24. The van der Waals surface area contributed by atoms with Crippen molar-refractivity contribution >= 4 is 31.9 Å². The Hall–Kier alpha value is 0.960. The lowest BCUT2D eigenvalue weighted by molar-refractivity contribution is -0.112. The van der Waals surface area contributed by atoms with Crippen molar-refractivity contribution in [3.8, 4) is 0 Å². The Bertz CT molecular complexity index is 573. The van der Waals surface area contributed by atoms with Crippen molar-refractivity contribution < 1.29 is 0 Å². The zero-order valence-corrected chi connectivity index (χ0v) is 22.9. The third kappa shape index (κ3) is 4.06. The standard InChI is InChI=1S/C27H46Br2/c1-17(2)7-6-8-18(3)21-11-12-22-20-10-9-19-15-24(28)25(29)16-27(19,5)23(20)13-14-26(21,22)4/h17-25H,6-16H2,1-5H3. The lowest BCUT2D eigenvalue weighted by atomic mass is 9.44. The van der Waals surface area contributed by atoms with E-state index in [-0.39, 0.29) is 0 Å². The van der Waals surface area contributed by atoms with Crippen LogP contribution in [0.1, 0.15) is 105 Å². The van der Waals surface area contributed by atoms with Crippen LogP contribution in [0.3, 0.4) is 0 Å². The molecular weight excluding hydrogens is 484 g/mol. The molecule has 0 spiro atoms. The average molecular weight is 530 g/mol. The molecule has 0 heterocycles. The number of hydrogen-bond acceptors (Lipinski definition) is 0. The molecule has 4 aliphatic carbocycles. The fraction of sp³-hybridized carbons (Fsp3) is 1.00. The van der Waals surface area contributed by atoms with E-state index in [1.54, 1.807) is 0 Å². The van der Waals surface area contributed by atoms with Gasteiger partial charge in [-0.25, -0.2) is 0 Å². The summed E-state index contributed by atoms with van der Waals surface area (Å²) in [6.45, 7) is 12.8. The molecule has 0 N–H and O–H groups in total. The van der Waals surface area contributed by atoms with E-state index in [1.807, 2.05) is 0 Å². The summed E-state index contributed by atoms with van der Waals surface area (Å²) in [4.78, 5) is 1.36. The Morgan fingerprint density at radius 1 is 0.828 bits per heavy atom. The van der Waals surface area contributed by atoms with Gasteiger partial charge in [-0.15, -0.1) is 0 Å². The summed E-state index contributed by atoms with van der Waals surface area (Å²) in [5, 5.41) is 0. The van der Waals surface area contributed by atoms with Gasteiger partial charge >= 0.3 is 0 Å².